The van der Waals surface area contributed by atoms with Crippen molar-refractivity contribution in [2.75, 3.05) is 0 Å². The van der Waals surface area contributed by atoms with Gasteiger partial charge in [-0.15, -0.1) is 11.3 Å². The molecule has 2 nitrogen and oxygen atoms in total. The molecule has 0 saturated carbocycles. The predicted octanol–water partition coefficient (Wildman–Crippen LogP) is 2.79. The number of rotatable bonds is 4. The fraction of sp³-hybridized carbons (Fsp3) is 0.308. The lowest BCUT2D eigenvalue weighted by Crippen LogP contribution is -1.89. The molecule has 3 heteroatoms. The second-order valence-corrected chi connectivity index (χ2v) is 4.82. The Labute approximate surface area is 99.6 Å². The molecule has 2 rings (SSSR count). The SMILES string of the molecule is CCc1nc(Cc2ccccc2)sc1CO. The van der Waals surface area contributed by atoms with Crippen LogP contribution in [0.3, 0.4) is 0 Å². The highest BCUT2D eigenvalue weighted by atomic mass is 32.1. The maximum atomic E-state index is 9.20. The minimum atomic E-state index is 0.107. The van der Waals surface area contributed by atoms with Crippen LogP contribution in [0.2, 0.25) is 0 Å². The molecule has 0 bridgehead atoms. The average molecular weight is 233 g/mol. The Hall–Kier alpha value is -1.19. The number of hydrogen-bond acceptors (Lipinski definition) is 3. The molecule has 0 aliphatic heterocycles. The van der Waals surface area contributed by atoms with Crippen LogP contribution >= 0.6 is 11.3 Å². The molecule has 0 spiro atoms. The van der Waals surface area contributed by atoms with E-state index in [1.165, 1.54) is 5.56 Å². The minimum absolute atomic E-state index is 0.107. The molecular formula is C13H15NOS. The highest BCUT2D eigenvalue weighted by Crippen LogP contribution is 2.21. The van der Waals surface area contributed by atoms with Gasteiger partial charge in [0.25, 0.3) is 0 Å². The van der Waals surface area contributed by atoms with Crippen molar-refractivity contribution in [3.63, 3.8) is 0 Å². The minimum Gasteiger partial charge on any atom is -0.391 e. The van der Waals surface area contributed by atoms with Crippen molar-refractivity contribution in [1.29, 1.82) is 0 Å². The molecule has 1 aromatic carbocycles. The summed E-state index contributed by atoms with van der Waals surface area (Å²) in [6, 6.07) is 10.3. The van der Waals surface area contributed by atoms with E-state index in [1.807, 2.05) is 18.2 Å². The summed E-state index contributed by atoms with van der Waals surface area (Å²) in [5.74, 6) is 0. The Kier molecular flexibility index (Phi) is 3.70. The third-order valence-corrected chi connectivity index (χ3v) is 3.58. The normalized spacial score (nSPS) is 10.6. The van der Waals surface area contributed by atoms with Crippen molar-refractivity contribution in [3.8, 4) is 0 Å². The number of aliphatic hydroxyl groups excluding tert-OH is 1. The van der Waals surface area contributed by atoms with E-state index in [0.717, 1.165) is 28.4 Å². The van der Waals surface area contributed by atoms with Crippen molar-refractivity contribution in [2.45, 2.75) is 26.4 Å². The number of aryl methyl sites for hydroxylation is 1. The molecule has 0 saturated heterocycles. The van der Waals surface area contributed by atoms with Crippen molar-refractivity contribution >= 4 is 11.3 Å². The van der Waals surface area contributed by atoms with Gasteiger partial charge in [-0.2, -0.15) is 0 Å². The highest BCUT2D eigenvalue weighted by molar-refractivity contribution is 7.11. The number of aliphatic hydroxyl groups is 1. The number of aromatic nitrogens is 1. The van der Waals surface area contributed by atoms with Crippen molar-refractivity contribution in [2.24, 2.45) is 0 Å². The van der Waals surface area contributed by atoms with Crippen molar-refractivity contribution < 1.29 is 5.11 Å². The van der Waals surface area contributed by atoms with Gasteiger partial charge in [0, 0.05) is 6.42 Å². The Bertz CT molecular complexity index is 429. The van der Waals surface area contributed by atoms with Crippen LogP contribution in [0.25, 0.3) is 0 Å². The van der Waals surface area contributed by atoms with E-state index in [1.54, 1.807) is 11.3 Å². The van der Waals surface area contributed by atoms with E-state index in [0.29, 0.717) is 0 Å². The number of nitrogens with zero attached hydrogens (tertiary/aromatic N) is 1. The van der Waals surface area contributed by atoms with Crippen LogP contribution in [0.4, 0.5) is 0 Å². The summed E-state index contributed by atoms with van der Waals surface area (Å²) in [5.41, 5.74) is 2.31. The van der Waals surface area contributed by atoms with Gasteiger partial charge in [0.1, 0.15) is 0 Å². The van der Waals surface area contributed by atoms with Gasteiger partial charge < -0.3 is 5.11 Å². The van der Waals surface area contributed by atoms with Gasteiger partial charge in [-0.25, -0.2) is 4.98 Å². The van der Waals surface area contributed by atoms with Gasteiger partial charge in [0.2, 0.25) is 0 Å². The molecule has 1 N–H and O–H groups in total. The topological polar surface area (TPSA) is 33.1 Å². The summed E-state index contributed by atoms with van der Waals surface area (Å²) in [5, 5.41) is 10.3. The number of hydrogen-bond donors (Lipinski definition) is 1. The highest BCUT2D eigenvalue weighted by Gasteiger charge is 2.08. The summed E-state index contributed by atoms with van der Waals surface area (Å²) in [7, 11) is 0. The average Bonchev–Trinajstić information content (AvgIpc) is 2.72. The molecule has 0 fully saturated rings. The van der Waals surface area contributed by atoms with Crippen LogP contribution in [-0.4, -0.2) is 10.1 Å². The maximum absolute atomic E-state index is 9.20. The first kappa shape index (κ1) is 11.3. The van der Waals surface area contributed by atoms with Gasteiger partial charge in [-0.1, -0.05) is 37.3 Å². The maximum Gasteiger partial charge on any atom is 0.0975 e. The largest absolute Gasteiger partial charge is 0.391 e. The standard InChI is InChI=1S/C13H15NOS/c1-2-11-12(9-15)16-13(14-11)8-10-6-4-3-5-7-10/h3-7,15H,2,8-9H2,1H3. The number of thiazole rings is 1. The number of benzene rings is 1. The van der Waals surface area contributed by atoms with Gasteiger partial charge in [-0.3, -0.25) is 0 Å². The third-order valence-electron chi connectivity index (χ3n) is 2.50. The molecule has 0 aliphatic rings. The molecule has 2 aromatic rings. The van der Waals surface area contributed by atoms with Crippen LogP contribution < -0.4 is 0 Å². The van der Waals surface area contributed by atoms with Crippen LogP contribution in [-0.2, 0) is 19.4 Å². The first-order chi connectivity index (χ1) is 7.83. The fourth-order valence-electron chi connectivity index (χ4n) is 1.68. The van der Waals surface area contributed by atoms with Crippen molar-refractivity contribution in [1.82, 2.24) is 4.98 Å². The summed E-state index contributed by atoms with van der Waals surface area (Å²) >= 11 is 1.62. The Morgan fingerprint density at radius 1 is 1.25 bits per heavy atom. The molecule has 0 aliphatic carbocycles. The molecule has 1 heterocycles. The van der Waals surface area contributed by atoms with Crippen molar-refractivity contribution in [3.05, 3.63) is 51.5 Å². The second-order valence-electron chi connectivity index (χ2n) is 3.65. The first-order valence-electron chi connectivity index (χ1n) is 5.45. The van der Waals surface area contributed by atoms with E-state index < -0.39 is 0 Å². The zero-order valence-electron chi connectivity index (χ0n) is 9.31. The Balaban J connectivity index is 2.19. The second kappa shape index (κ2) is 5.23. The Morgan fingerprint density at radius 2 is 2.00 bits per heavy atom. The van der Waals surface area contributed by atoms with E-state index in [-0.39, 0.29) is 6.61 Å². The quantitative estimate of drug-likeness (QED) is 0.881. The molecule has 1 aromatic heterocycles. The molecule has 16 heavy (non-hydrogen) atoms. The first-order valence-corrected chi connectivity index (χ1v) is 6.27. The third kappa shape index (κ3) is 2.49. The summed E-state index contributed by atoms with van der Waals surface area (Å²) < 4.78 is 0. The molecule has 0 radical (unpaired) electrons. The summed E-state index contributed by atoms with van der Waals surface area (Å²) in [6.45, 7) is 2.18. The molecule has 0 unspecified atom stereocenters. The van der Waals surface area contributed by atoms with E-state index in [4.69, 9.17) is 0 Å². The molecule has 0 atom stereocenters. The van der Waals surface area contributed by atoms with Crippen LogP contribution in [0.5, 0.6) is 0 Å². The molecule has 84 valence electrons. The lowest BCUT2D eigenvalue weighted by atomic mass is 10.2. The van der Waals surface area contributed by atoms with E-state index in [2.05, 4.69) is 24.0 Å². The van der Waals surface area contributed by atoms with Gasteiger partial charge in [0.15, 0.2) is 0 Å². The molecule has 0 amide bonds. The van der Waals surface area contributed by atoms with E-state index in [9.17, 15) is 5.11 Å². The fourth-order valence-corrected chi connectivity index (χ4v) is 2.73. The predicted molar refractivity (Wildman–Crippen MR) is 66.7 cm³/mol. The van der Waals surface area contributed by atoms with Gasteiger partial charge in [0.05, 0.1) is 22.2 Å². The van der Waals surface area contributed by atoms with Gasteiger partial charge in [-0.05, 0) is 12.0 Å². The smallest absolute Gasteiger partial charge is 0.0975 e. The van der Waals surface area contributed by atoms with Crippen LogP contribution in [0.15, 0.2) is 30.3 Å². The lowest BCUT2D eigenvalue weighted by molar-refractivity contribution is 0.284. The summed E-state index contributed by atoms with van der Waals surface area (Å²) in [4.78, 5) is 5.56. The monoisotopic (exact) mass is 233 g/mol. The zero-order chi connectivity index (χ0) is 11.4. The Morgan fingerprint density at radius 3 is 2.56 bits per heavy atom. The zero-order valence-corrected chi connectivity index (χ0v) is 10.1. The van der Waals surface area contributed by atoms with Crippen LogP contribution in [0, 0.1) is 0 Å². The van der Waals surface area contributed by atoms with Crippen LogP contribution in [0.1, 0.15) is 28.1 Å². The summed E-state index contributed by atoms with van der Waals surface area (Å²) in [6.07, 6.45) is 1.75. The van der Waals surface area contributed by atoms with E-state index >= 15 is 0 Å². The molecular weight excluding hydrogens is 218 g/mol. The lowest BCUT2D eigenvalue weighted by Gasteiger charge is -1.95. The van der Waals surface area contributed by atoms with Gasteiger partial charge >= 0.3 is 0 Å².